The van der Waals surface area contributed by atoms with Crippen molar-refractivity contribution < 1.29 is 31.5 Å². The molecule has 0 saturated heterocycles. The number of alkyl halides is 4. The first-order chi connectivity index (χ1) is 9.18. The van der Waals surface area contributed by atoms with Crippen LogP contribution in [-0.2, 0) is 15.7 Å². The number of halogens is 5. The summed E-state index contributed by atoms with van der Waals surface area (Å²) in [6.07, 6.45) is -7.18. The average Bonchev–Trinajstić information content (AvgIpc) is 2.36. The van der Waals surface area contributed by atoms with Gasteiger partial charge in [0, 0.05) is 5.56 Å². The highest BCUT2D eigenvalue weighted by molar-refractivity contribution is 5.75. The summed E-state index contributed by atoms with van der Waals surface area (Å²) >= 11 is 0. The topological polar surface area (TPSA) is 52.3 Å². The summed E-state index contributed by atoms with van der Waals surface area (Å²) < 4.78 is 68.9. The van der Waals surface area contributed by atoms with Crippen molar-refractivity contribution in [1.82, 2.24) is 0 Å². The largest absolute Gasteiger partial charge is 0.464 e. The molecule has 1 aromatic carbocycles. The van der Waals surface area contributed by atoms with Gasteiger partial charge in [-0.3, -0.25) is 0 Å². The maximum absolute atomic E-state index is 13.6. The fourth-order valence-corrected chi connectivity index (χ4v) is 1.50. The Morgan fingerprint density at radius 3 is 2.50 bits per heavy atom. The van der Waals surface area contributed by atoms with Gasteiger partial charge < -0.3 is 10.5 Å². The van der Waals surface area contributed by atoms with Crippen molar-refractivity contribution >= 4 is 5.97 Å². The third-order valence-electron chi connectivity index (χ3n) is 2.51. The van der Waals surface area contributed by atoms with Crippen LogP contribution in [0.15, 0.2) is 18.2 Å². The summed E-state index contributed by atoms with van der Waals surface area (Å²) in [5, 5.41) is 0. The van der Waals surface area contributed by atoms with E-state index >= 15 is 0 Å². The number of esters is 1. The van der Waals surface area contributed by atoms with Gasteiger partial charge in [0.15, 0.2) is 0 Å². The van der Waals surface area contributed by atoms with E-state index in [0.29, 0.717) is 18.2 Å². The average molecular weight is 297 g/mol. The van der Waals surface area contributed by atoms with Gasteiger partial charge in [-0.1, -0.05) is 0 Å². The maximum atomic E-state index is 13.6. The molecule has 1 rings (SSSR count). The van der Waals surface area contributed by atoms with Crippen LogP contribution in [-0.4, -0.2) is 18.7 Å². The van der Waals surface area contributed by atoms with Gasteiger partial charge in [0.05, 0.1) is 18.2 Å². The van der Waals surface area contributed by atoms with Crippen LogP contribution < -0.4 is 5.73 Å². The molecule has 0 aromatic heterocycles. The molecule has 2 N–H and O–H groups in total. The van der Waals surface area contributed by atoms with Crippen molar-refractivity contribution in [3.8, 4) is 0 Å². The van der Waals surface area contributed by atoms with E-state index in [1.807, 2.05) is 0 Å². The molecule has 0 spiro atoms. The second-order valence-electron chi connectivity index (χ2n) is 3.91. The molecule has 0 fully saturated rings. The second kappa shape index (κ2) is 6.17. The summed E-state index contributed by atoms with van der Waals surface area (Å²) in [4.78, 5) is 11.1. The minimum atomic E-state index is -4.72. The Hall–Kier alpha value is -1.70. The van der Waals surface area contributed by atoms with E-state index in [1.165, 1.54) is 6.92 Å². The van der Waals surface area contributed by atoms with Crippen molar-refractivity contribution in [2.75, 3.05) is 6.61 Å². The normalized spacial score (nSPS) is 14.8. The van der Waals surface area contributed by atoms with Crippen LogP contribution >= 0.6 is 0 Å². The van der Waals surface area contributed by atoms with Crippen molar-refractivity contribution in [2.45, 2.75) is 25.3 Å². The number of rotatable bonds is 4. The molecule has 20 heavy (non-hydrogen) atoms. The Balaban J connectivity index is 3.09. The van der Waals surface area contributed by atoms with E-state index in [1.54, 1.807) is 0 Å². The summed E-state index contributed by atoms with van der Waals surface area (Å²) in [7, 11) is 0. The molecule has 1 unspecified atom stereocenters. The number of benzene rings is 1. The lowest BCUT2D eigenvalue weighted by atomic mass is 10.00. The molecular weight excluding hydrogens is 285 g/mol. The Morgan fingerprint density at radius 2 is 2.00 bits per heavy atom. The van der Waals surface area contributed by atoms with Crippen LogP contribution in [0.3, 0.4) is 0 Å². The first-order valence-corrected chi connectivity index (χ1v) is 5.61. The minimum Gasteiger partial charge on any atom is -0.464 e. The Kier molecular flexibility index (Phi) is 5.04. The summed E-state index contributed by atoms with van der Waals surface area (Å²) in [6, 6.07) is -0.471. The zero-order chi connectivity index (χ0) is 15.5. The van der Waals surface area contributed by atoms with Crippen molar-refractivity contribution in [2.24, 2.45) is 5.73 Å². The first-order valence-electron chi connectivity index (χ1n) is 5.61. The zero-order valence-electron chi connectivity index (χ0n) is 10.4. The molecule has 8 heteroatoms. The van der Waals surface area contributed by atoms with Crippen LogP contribution in [0.1, 0.15) is 24.1 Å². The smallest absolute Gasteiger partial charge is 0.416 e. The molecule has 2 atom stereocenters. The van der Waals surface area contributed by atoms with E-state index in [4.69, 9.17) is 5.73 Å². The minimum absolute atomic E-state index is 0.128. The summed E-state index contributed by atoms with van der Waals surface area (Å²) in [5.41, 5.74) is 3.38. The van der Waals surface area contributed by atoms with Crippen molar-refractivity contribution in [3.63, 3.8) is 0 Å². The quantitative estimate of drug-likeness (QED) is 0.687. The van der Waals surface area contributed by atoms with E-state index in [-0.39, 0.29) is 6.61 Å². The third kappa shape index (κ3) is 3.66. The number of ether oxygens (including phenoxy) is 1. The van der Waals surface area contributed by atoms with Crippen LogP contribution in [0.2, 0.25) is 0 Å². The summed E-state index contributed by atoms with van der Waals surface area (Å²) in [6.45, 7) is 1.29. The molecule has 112 valence electrons. The fraction of sp³-hybridized carbons (Fsp3) is 0.417. The molecule has 0 aliphatic rings. The number of hydrogen-bond acceptors (Lipinski definition) is 3. The van der Waals surface area contributed by atoms with Gasteiger partial charge in [-0.15, -0.1) is 0 Å². The molecule has 0 radical (unpaired) electrons. The van der Waals surface area contributed by atoms with E-state index in [2.05, 4.69) is 4.74 Å². The van der Waals surface area contributed by atoms with Crippen LogP contribution in [0.4, 0.5) is 22.0 Å². The Morgan fingerprint density at radius 1 is 1.40 bits per heavy atom. The molecule has 0 saturated carbocycles. The summed E-state index contributed by atoms with van der Waals surface area (Å²) in [5.74, 6) is -2.48. The lowest BCUT2D eigenvalue weighted by molar-refractivity contribution is -0.149. The van der Waals surface area contributed by atoms with Crippen LogP contribution in [0.25, 0.3) is 0 Å². The van der Waals surface area contributed by atoms with Crippen molar-refractivity contribution in [3.05, 3.63) is 35.1 Å². The highest BCUT2D eigenvalue weighted by Gasteiger charge is 2.34. The van der Waals surface area contributed by atoms with E-state index in [9.17, 15) is 26.7 Å². The highest BCUT2D eigenvalue weighted by atomic mass is 19.4. The molecule has 0 amide bonds. The van der Waals surface area contributed by atoms with Gasteiger partial charge in [0.1, 0.15) is 5.82 Å². The monoisotopic (exact) mass is 297 g/mol. The van der Waals surface area contributed by atoms with Gasteiger partial charge >= 0.3 is 12.1 Å². The van der Waals surface area contributed by atoms with Gasteiger partial charge in [0.2, 0.25) is 6.17 Å². The molecule has 1 aromatic rings. The second-order valence-corrected chi connectivity index (χ2v) is 3.91. The van der Waals surface area contributed by atoms with Crippen molar-refractivity contribution in [1.29, 1.82) is 0 Å². The lowest BCUT2D eigenvalue weighted by Gasteiger charge is -2.18. The Labute approximate surface area is 111 Å². The predicted molar refractivity (Wildman–Crippen MR) is 59.9 cm³/mol. The number of carbonyl (C=O) groups excluding carboxylic acids is 1. The van der Waals surface area contributed by atoms with E-state index < -0.39 is 41.3 Å². The highest BCUT2D eigenvalue weighted by Crippen LogP contribution is 2.32. The number of carbonyl (C=O) groups is 1. The molecule has 0 heterocycles. The number of hydrogen-bond donors (Lipinski definition) is 1. The van der Waals surface area contributed by atoms with Gasteiger partial charge in [-0.2, -0.15) is 13.2 Å². The maximum Gasteiger partial charge on any atom is 0.416 e. The van der Waals surface area contributed by atoms with Crippen LogP contribution in [0.5, 0.6) is 0 Å². The third-order valence-corrected chi connectivity index (χ3v) is 2.51. The predicted octanol–water partition coefficient (Wildman–Crippen LogP) is 2.75. The SMILES string of the molecule is CCOC(=O)C(F)[C@@H](N)c1cc(C(F)(F)F)ccc1F. The zero-order valence-corrected chi connectivity index (χ0v) is 10.4. The van der Waals surface area contributed by atoms with Crippen LogP contribution in [0, 0.1) is 5.82 Å². The van der Waals surface area contributed by atoms with Gasteiger partial charge in [0.25, 0.3) is 0 Å². The molecule has 3 nitrogen and oxygen atoms in total. The first kappa shape index (κ1) is 16.4. The van der Waals surface area contributed by atoms with E-state index in [0.717, 1.165) is 0 Å². The Bertz CT molecular complexity index is 489. The van der Waals surface area contributed by atoms with Gasteiger partial charge in [-0.05, 0) is 25.1 Å². The molecular formula is C12H12F5NO2. The lowest BCUT2D eigenvalue weighted by Crippen LogP contribution is -2.32. The standard InChI is InChI=1S/C12H12F5NO2/c1-2-20-11(19)9(14)10(18)7-5-6(12(15,16)17)3-4-8(7)13/h3-5,9-10H,2,18H2,1H3/t9?,10-/m0/s1. The molecule has 0 aliphatic carbocycles. The fourth-order valence-electron chi connectivity index (χ4n) is 1.50. The number of nitrogens with two attached hydrogens (primary N) is 1. The molecule has 0 aliphatic heterocycles. The van der Waals surface area contributed by atoms with Gasteiger partial charge in [-0.25, -0.2) is 13.6 Å². The molecule has 0 bridgehead atoms.